The number of hydrogen-bond acceptors (Lipinski definition) is 4. The van der Waals surface area contributed by atoms with E-state index in [1.807, 2.05) is 19.1 Å². The summed E-state index contributed by atoms with van der Waals surface area (Å²) < 4.78 is 10.3. The van der Waals surface area contributed by atoms with Crippen molar-refractivity contribution in [3.05, 3.63) is 34.9 Å². The van der Waals surface area contributed by atoms with Crippen molar-refractivity contribution in [1.82, 2.24) is 5.32 Å². The van der Waals surface area contributed by atoms with Gasteiger partial charge in [-0.05, 0) is 30.2 Å². The van der Waals surface area contributed by atoms with Gasteiger partial charge in [-0.3, -0.25) is 4.79 Å². The molecule has 1 atom stereocenters. The predicted octanol–water partition coefficient (Wildman–Crippen LogP) is 0.845. The number of nitrogens with two attached hydrogens (primary N) is 1. The van der Waals surface area contributed by atoms with E-state index in [4.69, 9.17) is 15.2 Å². The van der Waals surface area contributed by atoms with E-state index in [1.54, 1.807) is 20.3 Å². The molecular weight excluding hydrogens is 244 g/mol. The van der Waals surface area contributed by atoms with Crippen molar-refractivity contribution in [3.8, 4) is 0 Å². The number of ether oxygens (including phenoxy) is 2. The Morgan fingerprint density at radius 3 is 2.68 bits per heavy atom. The monoisotopic (exact) mass is 266 g/mol. The third kappa shape index (κ3) is 4.98. The molecule has 0 radical (unpaired) electrons. The number of primary amides is 1. The fourth-order valence-electron chi connectivity index (χ4n) is 1.81. The number of nitrogens with one attached hydrogen (secondary N) is 1. The molecule has 1 aromatic carbocycles. The summed E-state index contributed by atoms with van der Waals surface area (Å²) >= 11 is 0. The average Bonchev–Trinajstić information content (AvgIpc) is 2.39. The summed E-state index contributed by atoms with van der Waals surface area (Å²) in [6.07, 6.45) is 0.0372. The van der Waals surface area contributed by atoms with Crippen molar-refractivity contribution in [2.24, 2.45) is 5.73 Å². The van der Waals surface area contributed by atoms with Gasteiger partial charge in [0.1, 0.15) is 0 Å². The fraction of sp³-hybridized carbons (Fsp3) is 0.500. The molecule has 1 unspecified atom stereocenters. The Bertz CT molecular complexity index is 421. The molecule has 0 fully saturated rings. The van der Waals surface area contributed by atoms with Gasteiger partial charge in [0.05, 0.1) is 12.7 Å². The lowest BCUT2D eigenvalue weighted by molar-refractivity contribution is 0.0288. The quantitative estimate of drug-likeness (QED) is 0.731. The maximum absolute atomic E-state index is 11.1. The Labute approximate surface area is 114 Å². The second-order valence-corrected chi connectivity index (χ2v) is 4.45. The molecule has 0 aliphatic heterocycles. The first kappa shape index (κ1) is 15.6. The van der Waals surface area contributed by atoms with Gasteiger partial charge in [-0.1, -0.05) is 6.07 Å². The molecule has 1 aromatic rings. The van der Waals surface area contributed by atoms with Crippen molar-refractivity contribution >= 4 is 5.91 Å². The van der Waals surface area contributed by atoms with E-state index in [9.17, 15) is 4.79 Å². The number of hydrogen-bond donors (Lipinski definition) is 2. The molecule has 0 aromatic heterocycles. The van der Waals surface area contributed by atoms with Crippen LogP contribution in [0.25, 0.3) is 0 Å². The molecule has 5 heteroatoms. The fourth-order valence-corrected chi connectivity index (χ4v) is 1.81. The number of rotatable bonds is 8. The minimum absolute atomic E-state index is 0.0372. The molecule has 0 saturated carbocycles. The molecule has 0 spiro atoms. The van der Waals surface area contributed by atoms with E-state index < -0.39 is 5.91 Å². The smallest absolute Gasteiger partial charge is 0.248 e. The molecule has 106 valence electrons. The SMILES string of the molecule is COCC(CNCc1ccc(C(N)=O)cc1C)OC. The van der Waals surface area contributed by atoms with Crippen LogP contribution < -0.4 is 11.1 Å². The second kappa shape index (κ2) is 7.89. The number of benzene rings is 1. The Balaban J connectivity index is 2.51. The molecule has 19 heavy (non-hydrogen) atoms. The first-order valence-electron chi connectivity index (χ1n) is 6.20. The molecular formula is C14H22N2O3. The molecule has 0 aliphatic rings. The Morgan fingerprint density at radius 1 is 1.42 bits per heavy atom. The van der Waals surface area contributed by atoms with Crippen LogP contribution in [-0.4, -0.2) is 39.4 Å². The van der Waals surface area contributed by atoms with Crippen molar-refractivity contribution < 1.29 is 14.3 Å². The van der Waals surface area contributed by atoms with E-state index in [2.05, 4.69) is 5.32 Å². The van der Waals surface area contributed by atoms with Crippen molar-refractivity contribution in [3.63, 3.8) is 0 Å². The van der Waals surface area contributed by atoms with E-state index in [0.717, 1.165) is 11.1 Å². The normalized spacial score (nSPS) is 12.4. The standard InChI is InChI=1S/C14H22N2O3/c1-10-6-11(14(15)17)4-5-12(10)7-16-8-13(19-3)9-18-2/h4-6,13,16H,7-9H2,1-3H3,(H2,15,17). The zero-order valence-corrected chi connectivity index (χ0v) is 11.7. The van der Waals surface area contributed by atoms with Crippen LogP contribution in [0.15, 0.2) is 18.2 Å². The zero-order valence-electron chi connectivity index (χ0n) is 11.7. The van der Waals surface area contributed by atoms with Gasteiger partial charge in [-0.2, -0.15) is 0 Å². The highest BCUT2D eigenvalue weighted by molar-refractivity contribution is 5.93. The number of aryl methyl sites for hydroxylation is 1. The average molecular weight is 266 g/mol. The summed E-state index contributed by atoms with van der Waals surface area (Å²) in [5.74, 6) is -0.401. The number of carbonyl (C=O) groups is 1. The summed E-state index contributed by atoms with van der Waals surface area (Å²) in [6, 6.07) is 5.47. The summed E-state index contributed by atoms with van der Waals surface area (Å²) in [7, 11) is 3.32. The van der Waals surface area contributed by atoms with Crippen LogP contribution in [0, 0.1) is 6.92 Å². The highest BCUT2D eigenvalue weighted by atomic mass is 16.5. The van der Waals surface area contributed by atoms with Crippen LogP contribution in [-0.2, 0) is 16.0 Å². The first-order chi connectivity index (χ1) is 9.08. The van der Waals surface area contributed by atoms with Crippen molar-refractivity contribution in [2.75, 3.05) is 27.4 Å². The molecule has 1 rings (SSSR count). The summed E-state index contributed by atoms with van der Waals surface area (Å²) in [5.41, 5.74) is 7.96. The maximum Gasteiger partial charge on any atom is 0.248 e. The molecule has 5 nitrogen and oxygen atoms in total. The Hall–Kier alpha value is -1.43. The van der Waals surface area contributed by atoms with Crippen LogP contribution in [0.1, 0.15) is 21.5 Å². The lowest BCUT2D eigenvalue weighted by Crippen LogP contribution is -2.31. The lowest BCUT2D eigenvalue weighted by atomic mass is 10.0. The van der Waals surface area contributed by atoms with E-state index >= 15 is 0 Å². The highest BCUT2D eigenvalue weighted by Crippen LogP contribution is 2.10. The Kier molecular flexibility index (Phi) is 6.49. The van der Waals surface area contributed by atoms with Crippen LogP contribution in [0.2, 0.25) is 0 Å². The van der Waals surface area contributed by atoms with E-state index in [1.165, 1.54) is 0 Å². The summed E-state index contributed by atoms with van der Waals surface area (Å²) in [4.78, 5) is 11.1. The summed E-state index contributed by atoms with van der Waals surface area (Å²) in [5, 5.41) is 3.31. The van der Waals surface area contributed by atoms with Gasteiger partial charge < -0.3 is 20.5 Å². The first-order valence-corrected chi connectivity index (χ1v) is 6.20. The summed E-state index contributed by atoms with van der Waals surface area (Å²) in [6.45, 7) is 3.95. The molecule has 0 saturated heterocycles. The minimum atomic E-state index is -0.401. The van der Waals surface area contributed by atoms with Crippen LogP contribution in [0.4, 0.5) is 0 Å². The maximum atomic E-state index is 11.1. The van der Waals surface area contributed by atoms with Gasteiger partial charge in [0.15, 0.2) is 0 Å². The predicted molar refractivity (Wildman–Crippen MR) is 74.1 cm³/mol. The zero-order chi connectivity index (χ0) is 14.3. The van der Waals surface area contributed by atoms with E-state index in [-0.39, 0.29) is 6.10 Å². The molecule has 0 bridgehead atoms. The highest BCUT2D eigenvalue weighted by Gasteiger charge is 2.07. The van der Waals surface area contributed by atoms with Gasteiger partial charge in [-0.15, -0.1) is 0 Å². The van der Waals surface area contributed by atoms with Crippen molar-refractivity contribution in [1.29, 1.82) is 0 Å². The van der Waals surface area contributed by atoms with E-state index in [0.29, 0.717) is 25.3 Å². The van der Waals surface area contributed by atoms with Crippen LogP contribution in [0.5, 0.6) is 0 Å². The second-order valence-electron chi connectivity index (χ2n) is 4.45. The largest absolute Gasteiger partial charge is 0.382 e. The molecule has 3 N–H and O–H groups in total. The van der Waals surface area contributed by atoms with Gasteiger partial charge in [0.2, 0.25) is 5.91 Å². The van der Waals surface area contributed by atoms with Gasteiger partial charge in [-0.25, -0.2) is 0 Å². The number of amides is 1. The number of methoxy groups -OCH3 is 2. The van der Waals surface area contributed by atoms with Gasteiger partial charge >= 0.3 is 0 Å². The third-order valence-electron chi connectivity index (χ3n) is 3.00. The Morgan fingerprint density at radius 2 is 2.16 bits per heavy atom. The molecule has 1 amide bonds. The third-order valence-corrected chi connectivity index (χ3v) is 3.00. The van der Waals surface area contributed by atoms with Crippen LogP contribution >= 0.6 is 0 Å². The topological polar surface area (TPSA) is 73.6 Å². The number of carbonyl (C=O) groups excluding carboxylic acids is 1. The van der Waals surface area contributed by atoms with Crippen molar-refractivity contribution in [2.45, 2.75) is 19.6 Å². The lowest BCUT2D eigenvalue weighted by Gasteiger charge is -2.15. The minimum Gasteiger partial charge on any atom is -0.382 e. The molecule has 0 heterocycles. The molecule has 0 aliphatic carbocycles. The van der Waals surface area contributed by atoms with Crippen LogP contribution in [0.3, 0.4) is 0 Å². The van der Waals surface area contributed by atoms with Gasteiger partial charge in [0.25, 0.3) is 0 Å². The van der Waals surface area contributed by atoms with Gasteiger partial charge in [0, 0.05) is 32.9 Å².